The fourth-order valence-corrected chi connectivity index (χ4v) is 2.44. The van der Waals surface area contributed by atoms with Gasteiger partial charge in [0.15, 0.2) is 0 Å². The lowest BCUT2D eigenvalue weighted by Crippen LogP contribution is -2.35. The lowest BCUT2D eigenvalue weighted by atomic mass is 9.83. The SMILES string of the molecule is CCC1=C(c2ccccc2)C=CC(O)(COC(C)=O)C1. The Morgan fingerprint density at radius 3 is 2.65 bits per heavy atom. The van der Waals surface area contributed by atoms with Gasteiger partial charge >= 0.3 is 5.97 Å². The van der Waals surface area contributed by atoms with Crippen molar-refractivity contribution in [3.05, 3.63) is 53.6 Å². The molecule has 1 aromatic rings. The summed E-state index contributed by atoms with van der Waals surface area (Å²) in [5.74, 6) is -0.372. The van der Waals surface area contributed by atoms with E-state index in [0.717, 1.165) is 17.6 Å². The van der Waals surface area contributed by atoms with Gasteiger partial charge in [0.25, 0.3) is 0 Å². The van der Waals surface area contributed by atoms with E-state index in [1.54, 1.807) is 6.08 Å². The van der Waals surface area contributed by atoms with Crippen LogP contribution in [0.2, 0.25) is 0 Å². The molecule has 0 radical (unpaired) electrons. The fourth-order valence-electron chi connectivity index (χ4n) is 2.44. The predicted octanol–water partition coefficient (Wildman–Crippen LogP) is 3.10. The molecule has 0 aliphatic heterocycles. The molecule has 0 heterocycles. The Balaban J connectivity index is 2.22. The summed E-state index contributed by atoms with van der Waals surface area (Å²) in [7, 11) is 0. The lowest BCUT2D eigenvalue weighted by Gasteiger charge is -2.30. The van der Waals surface area contributed by atoms with Crippen LogP contribution in [-0.2, 0) is 9.53 Å². The number of ether oxygens (including phenoxy) is 1. The standard InChI is InChI=1S/C17H20O3/c1-3-14-11-17(19,12-20-13(2)18)10-9-16(14)15-7-5-4-6-8-15/h4-10,19H,3,11-12H2,1-2H3. The number of allylic oxidation sites excluding steroid dienone is 2. The van der Waals surface area contributed by atoms with Crippen molar-refractivity contribution in [2.45, 2.75) is 32.3 Å². The smallest absolute Gasteiger partial charge is 0.302 e. The van der Waals surface area contributed by atoms with Crippen molar-refractivity contribution in [2.24, 2.45) is 0 Å². The summed E-state index contributed by atoms with van der Waals surface area (Å²) in [4.78, 5) is 10.9. The Morgan fingerprint density at radius 1 is 1.35 bits per heavy atom. The van der Waals surface area contributed by atoms with Crippen LogP contribution in [0.3, 0.4) is 0 Å². The number of benzene rings is 1. The first kappa shape index (κ1) is 14.5. The molecule has 0 saturated carbocycles. The van der Waals surface area contributed by atoms with Gasteiger partial charge in [0, 0.05) is 13.3 Å². The van der Waals surface area contributed by atoms with Crippen molar-refractivity contribution in [3.63, 3.8) is 0 Å². The van der Waals surface area contributed by atoms with Crippen LogP contribution in [0.1, 0.15) is 32.3 Å². The number of aliphatic hydroxyl groups is 1. The molecule has 3 heteroatoms. The summed E-state index contributed by atoms with van der Waals surface area (Å²) in [6.07, 6.45) is 5.02. The number of esters is 1. The highest BCUT2D eigenvalue weighted by molar-refractivity contribution is 5.78. The third kappa shape index (κ3) is 3.36. The second-order valence-electron chi connectivity index (χ2n) is 5.13. The Morgan fingerprint density at radius 2 is 2.05 bits per heavy atom. The molecule has 0 amide bonds. The highest BCUT2D eigenvalue weighted by Gasteiger charge is 2.30. The van der Waals surface area contributed by atoms with E-state index in [1.807, 2.05) is 24.3 Å². The molecule has 3 nitrogen and oxygen atoms in total. The minimum absolute atomic E-state index is 0.00437. The zero-order valence-corrected chi connectivity index (χ0v) is 11.9. The second-order valence-corrected chi connectivity index (χ2v) is 5.13. The zero-order valence-electron chi connectivity index (χ0n) is 11.9. The number of carbonyl (C=O) groups is 1. The quantitative estimate of drug-likeness (QED) is 0.857. The van der Waals surface area contributed by atoms with Crippen LogP contribution in [0.15, 0.2) is 48.1 Å². The molecular formula is C17H20O3. The Kier molecular flexibility index (Phi) is 4.40. The third-order valence-electron chi connectivity index (χ3n) is 3.50. The van der Waals surface area contributed by atoms with Crippen molar-refractivity contribution >= 4 is 11.5 Å². The first-order valence-corrected chi connectivity index (χ1v) is 6.86. The monoisotopic (exact) mass is 272 g/mol. The van der Waals surface area contributed by atoms with Crippen molar-refractivity contribution in [3.8, 4) is 0 Å². The molecule has 1 atom stereocenters. The summed E-state index contributed by atoms with van der Waals surface area (Å²) >= 11 is 0. The van der Waals surface area contributed by atoms with Crippen LogP contribution in [0.4, 0.5) is 0 Å². The minimum Gasteiger partial charge on any atom is -0.462 e. The topological polar surface area (TPSA) is 46.5 Å². The van der Waals surface area contributed by atoms with Crippen LogP contribution >= 0.6 is 0 Å². The molecule has 0 fully saturated rings. The maximum atomic E-state index is 10.9. The molecule has 0 bridgehead atoms. The van der Waals surface area contributed by atoms with E-state index >= 15 is 0 Å². The van der Waals surface area contributed by atoms with Crippen LogP contribution < -0.4 is 0 Å². The van der Waals surface area contributed by atoms with E-state index in [1.165, 1.54) is 12.5 Å². The minimum atomic E-state index is -1.09. The molecule has 1 aromatic carbocycles. The van der Waals surface area contributed by atoms with Gasteiger partial charge < -0.3 is 9.84 Å². The number of hydrogen-bond acceptors (Lipinski definition) is 3. The van der Waals surface area contributed by atoms with Gasteiger partial charge in [-0.3, -0.25) is 4.79 Å². The summed E-state index contributed by atoms with van der Waals surface area (Å²) < 4.78 is 4.96. The number of hydrogen-bond donors (Lipinski definition) is 1. The van der Waals surface area contributed by atoms with Crippen molar-refractivity contribution in [2.75, 3.05) is 6.61 Å². The van der Waals surface area contributed by atoms with Gasteiger partial charge in [-0.15, -0.1) is 0 Å². The van der Waals surface area contributed by atoms with E-state index in [-0.39, 0.29) is 12.6 Å². The van der Waals surface area contributed by atoms with Crippen molar-refractivity contribution in [1.82, 2.24) is 0 Å². The predicted molar refractivity (Wildman–Crippen MR) is 79.0 cm³/mol. The van der Waals surface area contributed by atoms with E-state index in [9.17, 15) is 9.90 Å². The first-order chi connectivity index (χ1) is 9.54. The average molecular weight is 272 g/mol. The zero-order chi connectivity index (χ0) is 14.6. The Labute approximate surface area is 119 Å². The van der Waals surface area contributed by atoms with Gasteiger partial charge in [-0.1, -0.05) is 48.9 Å². The lowest BCUT2D eigenvalue weighted by molar-refractivity contribution is -0.146. The van der Waals surface area contributed by atoms with Crippen LogP contribution in [-0.4, -0.2) is 23.3 Å². The van der Waals surface area contributed by atoms with Gasteiger partial charge in [-0.2, -0.15) is 0 Å². The molecule has 0 saturated heterocycles. The molecule has 1 N–H and O–H groups in total. The fraction of sp³-hybridized carbons (Fsp3) is 0.353. The summed E-state index contributed by atoms with van der Waals surface area (Å²) in [5, 5.41) is 10.5. The average Bonchev–Trinajstić information content (AvgIpc) is 2.46. The highest BCUT2D eigenvalue weighted by Crippen LogP contribution is 2.34. The molecule has 0 spiro atoms. The molecule has 0 aromatic heterocycles. The summed E-state index contributed by atoms with van der Waals surface area (Å²) in [6.45, 7) is 3.43. The molecule has 1 aliphatic carbocycles. The van der Waals surface area contributed by atoms with E-state index in [4.69, 9.17) is 4.74 Å². The molecule has 2 rings (SSSR count). The summed E-state index contributed by atoms with van der Waals surface area (Å²) in [5.41, 5.74) is 2.39. The van der Waals surface area contributed by atoms with E-state index in [0.29, 0.717) is 6.42 Å². The van der Waals surface area contributed by atoms with Crippen LogP contribution in [0.25, 0.3) is 5.57 Å². The van der Waals surface area contributed by atoms with Gasteiger partial charge in [0.05, 0.1) is 0 Å². The number of carbonyl (C=O) groups excluding carboxylic acids is 1. The Bertz CT molecular complexity index is 543. The highest BCUT2D eigenvalue weighted by atomic mass is 16.5. The largest absolute Gasteiger partial charge is 0.462 e. The maximum Gasteiger partial charge on any atom is 0.302 e. The molecule has 1 aliphatic rings. The third-order valence-corrected chi connectivity index (χ3v) is 3.50. The van der Waals surface area contributed by atoms with Gasteiger partial charge in [0.1, 0.15) is 12.2 Å². The maximum absolute atomic E-state index is 10.9. The van der Waals surface area contributed by atoms with Crippen molar-refractivity contribution in [1.29, 1.82) is 0 Å². The molecule has 106 valence electrons. The molecule has 1 unspecified atom stereocenters. The number of rotatable bonds is 4. The van der Waals surface area contributed by atoms with Crippen LogP contribution in [0.5, 0.6) is 0 Å². The second kappa shape index (κ2) is 6.06. The normalized spacial score (nSPS) is 21.9. The van der Waals surface area contributed by atoms with E-state index < -0.39 is 5.60 Å². The molecule has 20 heavy (non-hydrogen) atoms. The van der Waals surface area contributed by atoms with Gasteiger partial charge in [-0.25, -0.2) is 0 Å². The van der Waals surface area contributed by atoms with Crippen LogP contribution in [0, 0.1) is 0 Å². The summed E-state index contributed by atoms with van der Waals surface area (Å²) in [6, 6.07) is 10.1. The first-order valence-electron chi connectivity index (χ1n) is 6.86. The van der Waals surface area contributed by atoms with E-state index in [2.05, 4.69) is 19.1 Å². The Hall–Kier alpha value is -1.87. The van der Waals surface area contributed by atoms with Crippen molar-refractivity contribution < 1.29 is 14.6 Å². The van der Waals surface area contributed by atoms with Gasteiger partial charge in [0.2, 0.25) is 0 Å². The van der Waals surface area contributed by atoms with Gasteiger partial charge in [-0.05, 0) is 23.6 Å². The molecular weight excluding hydrogens is 252 g/mol.